The van der Waals surface area contributed by atoms with Crippen molar-refractivity contribution in [2.75, 3.05) is 37.6 Å². The average molecular weight is 548 g/mol. The Bertz CT molecular complexity index is 1270. The smallest absolute Gasteiger partial charge is 0.340 e. The third kappa shape index (κ3) is 6.00. The molecular weight excluding hydrogens is 516 g/mol. The van der Waals surface area contributed by atoms with Crippen molar-refractivity contribution in [2.24, 2.45) is 0 Å². The minimum atomic E-state index is -0.364. The minimum Gasteiger partial charge on any atom is -0.353 e. The van der Waals surface area contributed by atoms with Crippen LogP contribution in [0.15, 0.2) is 35.3 Å². The lowest BCUT2D eigenvalue weighted by molar-refractivity contribution is 0.0587. The van der Waals surface area contributed by atoms with Gasteiger partial charge in [-0.2, -0.15) is 5.10 Å². The number of halogens is 3. The van der Waals surface area contributed by atoms with Gasteiger partial charge in [0.15, 0.2) is 5.82 Å². The lowest BCUT2D eigenvalue weighted by Crippen LogP contribution is -2.58. The summed E-state index contributed by atoms with van der Waals surface area (Å²) in [7, 11) is 0. The first-order valence-electron chi connectivity index (χ1n) is 12.9. The van der Waals surface area contributed by atoms with E-state index >= 15 is 0 Å². The Labute approximate surface area is 225 Å². The van der Waals surface area contributed by atoms with Gasteiger partial charge in [0.05, 0.1) is 5.02 Å². The van der Waals surface area contributed by atoms with Gasteiger partial charge in [-0.25, -0.2) is 19.3 Å². The topological polar surface area (TPSA) is 84.1 Å². The highest BCUT2D eigenvalue weighted by Crippen LogP contribution is 2.31. The van der Waals surface area contributed by atoms with Crippen LogP contribution < -0.4 is 10.6 Å². The molecule has 198 valence electrons. The van der Waals surface area contributed by atoms with Gasteiger partial charge in [-0.1, -0.05) is 42.6 Å². The van der Waals surface area contributed by atoms with Crippen molar-refractivity contribution >= 4 is 29.0 Å². The molecule has 0 unspecified atom stereocenters. The maximum atomic E-state index is 14.3. The Balaban J connectivity index is 1.21. The molecule has 37 heavy (non-hydrogen) atoms. The van der Waals surface area contributed by atoms with E-state index in [9.17, 15) is 9.18 Å². The Morgan fingerprint density at radius 1 is 1.14 bits per heavy atom. The zero-order chi connectivity index (χ0) is 25.9. The molecule has 0 amide bonds. The van der Waals surface area contributed by atoms with E-state index in [0.717, 1.165) is 64.2 Å². The number of piperazine rings is 1. The van der Waals surface area contributed by atoms with E-state index in [1.807, 2.05) is 0 Å². The molecule has 2 N–H and O–H groups in total. The maximum absolute atomic E-state index is 14.3. The first-order chi connectivity index (χ1) is 17.9. The summed E-state index contributed by atoms with van der Waals surface area (Å²) in [6.45, 7) is 7.43. The summed E-state index contributed by atoms with van der Waals surface area (Å²) in [4.78, 5) is 25.9. The Hall–Kier alpha value is -2.46. The van der Waals surface area contributed by atoms with Crippen LogP contribution in [0.5, 0.6) is 0 Å². The Kier molecular flexibility index (Phi) is 8.14. The zero-order valence-electron chi connectivity index (χ0n) is 20.9. The van der Waals surface area contributed by atoms with E-state index in [-0.39, 0.29) is 11.5 Å². The molecule has 3 aromatic rings. The van der Waals surface area contributed by atoms with Crippen molar-refractivity contribution in [1.82, 2.24) is 30.0 Å². The number of benzene rings is 1. The standard InChI is InChI=1S/C26H32Cl2FN7O/c1-2-3-21-16-35(25-22(28)12-18(14-30-25)24-31-26(37)33-32-24)10-11-36(21)20-6-8-34(9-7-20)15-17-4-5-19(27)13-23(17)29/h4-5,12-14,20-21H,2-3,6-11,15-16H2,1H3,(H2,31,32,33,37)/t21-/m0/s1. The molecule has 8 nitrogen and oxygen atoms in total. The van der Waals surface area contributed by atoms with Gasteiger partial charge in [-0.05, 0) is 50.6 Å². The quantitative estimate of drug-likeness (QED) is 0.451. The number of anilines is 1. The van der Waals surface area contributed by atoms with E-state index < -0.39 is 0 Å². The second-order valence-corrected chi connectivity index (χ2v) is 10.8. The monoisotopic (exact) mass is 547 g/mol. The molecule has 11 heteroatoms. The largest absolute Gasteiger partial charge is 0.353 e. The van der Waals surface area contributed by atoms with Crippen molar-refractivity contribution in [3.05, 3.63) is 62.4 Å². The van der Waals surface area contributed by atoms with Crippen LogP contribution >= 0.6 is 23.2 Å². The molecular formula is C26H32Cl2FN7O. The SMILES string of the molecule is CCC[C@H]1CN(c2ncc(-c3n[nH]c(=O)[nH]3)cc2Cl)CCN1C1CCN(Cc2ccc(Cl)cc2F)CC1. The molecule has 2 saturated heterocycles. The molecule has 2 aliphatic rings. The molecule has 5 rings (SSSR count). The number of rotatable bonds is 7. The van der Waals surface area contributed by atoms with Gasteiger partial charge >= 0.3 is 5.69 Å². The number of aromatic amines is 2. The number of nitrogens with one attached hydrogen (secondary N) is 2. The van der Waals surface area contributed by atoms with E-state index in [0.29, 0.717) is 45.6 Å². The molecule has 4 heterocycles. The summed E-state index contributed by atoms with van der Waals surface area (Å²) < 4.78 is 14.3. The van der Waals surface area contributed by atoms with Gasteiger partial charge < -0.3 is 4.90 Å². The molecule has 2 fully saturated rings. The highest BCUT2D eigenvalue weighted by Gasteiger charge is 2.34. The molecule has 0 spiro atoms. The molecule has 0 aliphatic carbocycles. The van der Waals surface area contributed by atoms with Crippen LogP contribution in [0.2, 0.25) is 10.0 Å². The molecule has 0 bridgehead atoms. The first-order valence-corrected chi connectivity index (χ1v) is 13.6. The van der Waals surface area contributed by atoms with Crippen molar-refractivity contribution in [2.45, 2.75) is 51.2 Å². The highest BCUT2D eigenvalue weighted by molar-refractivity contribution is 6.33. The lowest BCUT2D eigenvalue weighted by atomic mass is 9.97. The third-order valence-electron chi connectivity index (χ3n) is 7.48. The number of nitrogens with zero attached hydrogens (tertiary/aromatic N) is 5. The number of aromatic nitrogens is 4. The highest BCUT2D eigenvalue weighted by atomic mass is 35.5. The zero-order valence-corrected chi connectivity index (χ0v) is 22.4. The van der Waals surface area contributed by atoms with Gasteiger partial charge in [0.1, 0.15) is 11.6 Å². The first kappa shape index (κ1) is 26.2. The number of pyridine rings is 1. The van der Waals surface area contributed by atoms with Gasteiger partial charge in [0.25, 0.3) is 0 Å². The van der Waals surface area contributed by atoms with Crippen molar-refractivity contribution in [3.8, 4) is 11.4 Å². The van der Waals surface area contributed by atoms with Crippen LogP contribution in [0.4, 0.5) is 10.2 Å². The summed E-state index contributed by atoms with van der Waals surface area (Å²) in [5.74, 6) is 0.959. The number of H-pyrrole nitrogens is 2. The number of hydrogen-bond acceptors (Lipinski definition) is 6. The number of piperidine rings is 1. The third-order valence-corrected chi connectivity index (χ3v) is 7.99. The molecule has 0 radical (unpaired) electrons. The second-order valence-electron chi connectivity index (χ2n) is 9.93. The van der Waals surface area contributed by atoms with E-state index in [4.69, 9.17) is 23.2 Å². The fraction of sp³-hybridized carbons (Fsp3) is 0.500. The van der Waals surface area contributed by atoms with E-state index in [1.165, 1.54) is 6.07 Å². The van der Waals surface area contributed by atoms with Gasteiger partial charge in [0.2, 0.25) is 0 Å². The normalized spacial score (nSPS) is 20.0. The average Bonchev–Trinajstić information content (AvgIpc) is 3.33. The Morgan fingerprint density at radius 2 is 1.95 bits per heavy atom. The summed E-state index contributed by atoms with van der Waals surface area (Å²) in [5, 5.41) is 7.31. The summed E-state index contributed by atoms with van der Waals surface area (Å²) in [5.41, 5.74) is 1.01. The van der Waals surface area contributed by atoms with Gasteiger partial charge in [-0.3, -0.25) is 14.8 Å². The van der Waals surface area contributed by atoms with Crippen molar-refractivity contribution in [3.63, 3.8) is 0 Å². The molecule has 2 aliphatic heterocycles. The van der Waals surface area contributed by atoms with Crippen molar-refractivity contribution in [1.29, 1.82) is 0 Å². The van der Waals surface area contributed by atoms with Crippen LogP contribution in [0, 0.1) is 5.82 Å². The van der Waals surface area contributed by atoms with Crippen LogP contribution in [-0.4, -0.2) is 74.8 Å². The lowest BCUT2D eigenvalue weighted by Gasteiger charge is -2.48. The fourth-order valence-electron chi connectivity index (χ4n) is 5.63. The van der Waals surface area contributed by atoms with Crippen LogP contribution in [0.25, 0.3) is 11.4 Å². The van der Waals surface area contributed by atoms with Gasteiger partial charge in [0, 0.05) is 60.6 Å². The number of likely N-dealkylation sites (tertiary alicyclic amines) is 1. The number of hydrogen-bond donors (Lipinski definition) is 2. The van der Waals surface area contributed by atoms with Crippen LogP contribution in [0.3, 0.4) is 0 Å². The molecule has 2 aromatic heterocycles. The predicted molar refractivity (Wildman–Crippen MR) is 145 cm³/mol. The molecule has 1 aromatic carbocycles. The second kappa shape index (κ2) is 11.5. The summed E-state index contributed by atoms with van der Waals surface area (Å²) >= 11 is 12.6. The predicted octanol–water partition coefficient (Wildman–Crippen LogP) is 4.56. The van der Waals surface area contributed by atoms with E-state index in [1.54, 1.807) is 24.4 Å². The minimum absolute atomic E-state index is 0.230. The van der Waals surface area contributed by atoms with Gasteiger partial charge in [-0.15, -0.1) is 0 Å². The summed E-state index contributed by atoms with van der Waals surface area (Å²) in [6, 6.07) is 7.69. The Morgan fingerprint density at radius 3 is 2.62 bits per heavy atom. The van der Waals surface area contributed by atoms with Crippen molar-refractivity contribution < 1.29 is 4.39 Å². The molecule has 1 atom stereocenters. The maximum Gasteiger partial charge on any atom is 0.340 e. The molecule has 0 saturated carbocycles. The fourth-order valence-corrected chi connectivity index (χ4v) is 6.08. The van der Waals surface area contributed by atoms with Crippen LogP contribution in [0.1, 0.15) is 38.2 Å². The van der Waals surface area contributed by atoms with Crippen LogP contribution in [-0.2, 0) is 6.54 Å². The summed E-state index contributed by atoms with van der Waals surface area (Å²) in [6.07, 6.45) is 6.07. The van der Waals surface area contributed by atoms with E-state index in [2.05, 4.69) is 41.8 Å².